The molecule has 2 aromatic carbocycles. The van der Waals surface area contributed by atoms with Gasteiger partial charge in [-0.15, -0.1) is 0 Å². The van der Waals surface area contributed by atoms with Crippen molar-refractivity contribution in [1.82, 2.24) is 29.6 Å². The molecule has 3 aliphatic heterocycles. The number of carbonyl (C=O) groups is 6. The Morgan fingerprint density at radius 2 is 1.69 bits per heavy atom. The highest BCUT2D eigenvalue weighted by molar-refractivity contribution is 6.12. The minimum Gasteiger partial charge on any atom is -0.453 e. The van der Waals surface area contributed by atoms with Crippen molar-refractivity contribution >= 4 is 35.7 Å². The van der Waals surface area contributed by atoms with Gasteiger partial charge in [0.2, 0.25) is 5.91 Å². The van der Waals surface area contributed by atoms with Gasteiger partial charge in [-0.3, -0.25) is 28.9 Å². The first-order valence-electron chi connectivity index (χ1n) is 21.5. The van der Waals surface area contributed by atoms with Crippen molar-refractivity contribution in [2.75, 3.05) is 59.2 Å². The molecular weight excluding hydrogens is 835 g/mol. The standard InChI is InChI=1S/C46H56F2N6O10/c1-29(63-30(2)55)44(59)54(26-33-25-52(45(60)64-46(3,4)5)27-36(33)43(58)49-17-21-62-22-18-53-39(56)13-14-40(53)57)41(32-15-19-61-20-16-32)42-50-38(35-23-34(47)11-12-37(35)48)28-51(42)24-31-9-7-6-8-10-31/h6-14,23,28-29,32-33,36,41H,15-22,24-27H2,1-5H3,(H,49,58)/t29-,33?,36?,41?/m0/s1. The van der Waals surface area contributed by atoms with Crippen LogP contribution < -0.4 is 5.32 Å². The van der Waals surface area contributed by atoms with Gasteiger partial charge in [-0.2, -0.15) is 0 Å². The normalized spacial score (nSPS) is 18.9. The number of aromatic nitrogens is 2. The number of imide groups is 1. The van der Waals surface area contributed by atoms with Crippen molar-refractivity contribution in [3.05, 3.63) is 89.9 Å². The van der Waals surface area contributed by atoms with Gasteiger partial charge in [-0.1, -0.05) is 30.3 Å². The molecule has 0 radical (unpaired) electrons. The number of esters is 1. The lowest BCUT2D eigenvalue weighted by molar-refractivity contribution is -0.160. The first kappa shape index (κ1) is 47.5. The largest absolute Gasteiger partial charge is 0.453 e. The Hall–Kier alpha value is -6.01. The number of likely N-dealkylation sites (tertiary alicyclic amines) is 1. The van der Waals surface area contributed by atoms with Crippen molar-refractivity contribution < 1.29 is 56.5 Å². The molecule has 3 aliphatic rings. The van der Waals surface area contributed by atoms with Gasteiger partial charge in [-0.25, -0.2) is 18.6 Å². The van der Waals surface area contributed by atoms with Gasteiger partial charge in [-0.05, 0) is 70.2 Å². The molecular formula is C46H56F2N6O10. The van der Waals surface area contributed by atoms with Gasteiger partial charge in [0.1, 0.15) is 23.1 Å². The molecule has 4 heterocycles. The molecule has 3 aromatic rings. The molecule has 0 saturated carbocycles. The number of rotatable bonds is 17. The number of carbonyl (C=O) groups excluding carboxylic acids is 6. The number of benzene rings is 2. The van der Waals surface area contributed by atoms with Crippen molar-refractivity contribution in [3.63, 3.8) is 0 Å². The van der Waals surface area contributed by atoms with Crippen molar-refractivity contribution in [2.45, 2.75) is 71.8 Å². The lowest BCUT2D eigenvalue weighted by Crippen LogP contribution is -2.50. The molecule has 2 saturated heterocycles. The molecule has 0 bridgehead atoms. The van der Waals surface area contributed by atoms with Gasteiger partial charge in [0, 0.05) is 82.7 Å². The van der Waals surface area contributed by atoms with Gasteiger partial charge in [0.25, 0.3) is 17.7 Å². The van der Waals surface area contributed by atoms with Crippen LogP contribution in [0.5, 0.6) is 0 Å². The Morgan fingerprint density at radius 1 is 0.984 bits per heavy atom. The van der Waals surface area contributed by atoms with Crippen LogP contribution in [0.2, 0.25) is 0 Å². The highest BCUT2D eigenvalue weighted by Gasteiger charge is 2.46. The molecule has 2 fully saturated rings. The maximum Gasteiger partial charge on any atom is 0.410 e. The monoisotopic (exact) mass is 890 g/mol. The van der Waals surface area contributed by atoms with Crippen LogP contribution in [-0.2, 0) is 49.5 Å². The second kappa shape index (κ2) is 21.1. The number of amides is 5. The summed E-state index contributed by atoms with van der Waals surface area (Å²) in [6.45, 7) is 8.84. The highest BCUT2D eigenvalue weighted by atomic mass is 19.1. The third-order valence-electron chi connectivity index (χ3n) is 11.3. The summed E-state index contributed by atoms with van der Waals surface area (Å²) in [5.41, 5.74) is 0.0648. The predicted molar refractivity (Wildman–Crippen MR) is 227 cm³/mol. The zero-order valence-electron chi connectivity index (χ0n) is 36.8. The molecule has 4 atom stereocenters. The van der Waals surface area contributed by atoms with Gasteiger partial charge in [0.15, 0.2) is 6.10 Å². The van der Waals surface area contributed by atoms with Crippen molar-refractivity contribution in [1.29, 1.82) is 0 Å². The Bertz CT molecular complexity index is 2190. The molecule has 5 amide bonds. The number of hydrogen-bond acceptors (Lipinski definition) is 11. The van der Waals surface area contributed by atoms with E-state index in [9.17, 15) is 33.2 Å². The van der Waals surface area contributed by atoms with Gasteiger partial charge < -0.3 is 38.6 Å². The van der Waals surface area contributed by atoms with E-state index in [2.05, 4.69) is 5.32 Å². The third kappa shape index (κ3) is 12.2. The fourth-order valence-corrected chi connectivity index (χ4v) is 8.27. The number of nitrogens with zero attached hydrogens (tertiary/aromatic N) is 5. The molecule has 16 nitrogen and oxygen atoms in total. The van der Waals surface area contributed by atoms with E-state index in [4.69, 9.17) is 23.9 Å². The minimum atomic E-state index is -1.28. The first-order valence-corrected chi connectivity index (χ1v) is 21.5. The lowest BCUT2D eigenvalue weighted by atomic mass is 9.87. The molecule has 1 aromatic heterocycles. The van der Waals surface area contributed by atoms with E-state index in [1.54, 1.807) is 31.9 Å². The zero-order chi connectivity index (χ0) is 46.1. The topological polar surface area (TPSA) is 179 Å². The number of hydrogen-bond donors (Lipinski definition) is 1. The molecule has 6 rings (SSSR count). The van der Waals surface area contributed by atoms with E-state index in [0.29, 0.717) is 31.9 Å². The molecule has 344 valence electrons. The number of halogens is 2. The molecule has 3 unspecified atom stereocenters. The Morgan fingerprint density at radius 3 is 2.36 bits per heavy atom. The van der Waals surface area contributed by atoms with Crippen LogP contribution in [0.25, 0.3) is 11.3 Å². The van der Waals surface area contributed by atoms with Gasteiger partial charge in [0.05, 0.1) is 37.4 Å². The fourth-order valence-electron chi connectivity index (χ4n) is 8.27. The van der Waals surface area contributed by atoms with E-state index < -0.39 is 76.9 Å². The van der Waals surface area contributed by atoms with Crippen LogP contribution in [0, 0.1) is 29.4 Å². The third-order valence-corrected chi connectivity index (χ3v) is 11.3. The summed E-state index contributed by atoms with van der Waals surface area (Å²) in [5, 5.41) is 2.88. The maximum absolute atomic E-state index is 15.5. The predicted octanol–water partition coefficient (Wildman–Crippen LogP) is 4.67. The van der Waals surface area contributed by atoms with Crippen LogP contribution >= 0.6 is 0 Å². The average Bonchev–Trinajstić information content (AvgIpc) is 3.96. The smallest absolute Gasteiger partial charge is 0.410 e. The Balaban J connectivity index is 1.37. The summed E-state index contributed by atoms with van der Waals surface area (Å²) < 4.78 is 54.5. The Labute approximate surface area is 370 Å². The summed E-state index contributed by atoms with van der Waals surface area (Å²) in [6.07, 6.45) is 3.02. The first-order chi connectivity index (χ1) is 30.5. The molecule has 0 spiro atoms. The quantitative estimate of drug-likeness (QED) is 0.113. The summed E-state index contributed by atoms with van der Waals surface area (Å²) in [4.78, 5) is 87.9. The van der Waals surface area contributed by atoms with Gasteiger partial charge >= 0.3 is 12.1 Å². The average molecular weight is 891 g/mol. The molecule has 0 aliphatic carbocycles. The van der Waals surface area contributed by atoms with Crippen LogP contribution in [0.15, 0.2) is 66.9 Å². The fraction of sp³-hybridized carbons (Fsp3) is 0.500. The highest BCUT2D eigenvalue weighted by Crippen LogP contribution is 2.39. The number of imidazole rings is 1. The van der Waals surface area contributed by atoms with E-state index in [0.717, 1.165) is 28.7 Å². The number of ether oxygens (including phenoxy) is 4. The number of nitrogens with one attached hydrogen (secondary N) is 1. The second-order valence-electron chi connectivity index (χ2n) is 17.2. The van der Waals surface area contributed by atoms with Crippen LogP contribution in [0.3, 0.4) is 0 Å². The van der Waals surface area contributed by atoms with Crippen LogP contribution in [-0.4, -0.2) is 131 Å². The van der Waals surface area contributed by atoms with E-state index in [-0.39, 0.29) is 69.7 Å². The van der Waals surface area contributed by atoms with Crippen molar-refractivity contribution in [2.24, 2.45) is 17.8 Å². The van der Waals surface area contributed by atoms with E-state index in [1.807, 2.05) is 34.9 Å². The van der Waals surface area contributed by atoms with Crippen molar-refractivity contribution in [3.8, 4) is 11.3 Å². The molecule has 1 N–H and O–H groups in total. The summed E-state index contributed by atoms with van der Waals surface area (Å²) in [6, 6.07) is 11.7. The summed E-state index contributed by atoms with van der Waals surface area (Å²) in [5.74, 6) is -5.44. The summed E-state index contributed by atoms with van der Waals surface area (Å²) >= 11 is 0. The Kier molecular flexibility index (Phi) is 15.7. The SMILES string of the molecule is CC(=O)O[C@@H](C)C(=O)N(CC1CN(C(=O)OC(C)(C)C)CC1C(=O)NCCOCCN1C(=O)C=CC1=O)C(c1nc(-c2cc(F)ccc2F)cn1Cc1ccccc1)C1CCOCC1. The summed E-state index contributed by atoms with van der Waals surface area (Å²) in [7, 11) is 0. The molecule has 64 heavy (non-hydrogen) atoms. The van der Waals surface area contributed by atoms with Crippen LogP contribution in [0.4, 0.5) is 13.6 Å². The minimum absolute atomic E-state index is 0.0138. The maximum atomic E-state index is 15.5. The van der Waals surface area contributed by atoms with Crippen LogP contribution in [0.1, 0.15) is 64.9 Å². The molecule has 18 heteroatoms. The lowest BCUT2D eigenvalue weighted by Gasteiger charge is -2.41. The second-order valence-corrected chi connectivity index (χ2v) is 17.2. The zero-order valence-corrected chi connectivity index (χ0v) is 36.8. The van der Waals surface area contributed by atoms with E-state index >= 15 is 4.39 Å². The van der Waals surface area contributed by atoms with E-state index in [1.165, 1.54) is 30.9 Å².